The van der Waals surface area contributed by atoms with E-state index in [0.717, 1.165) is 11.1 Å². The molecule has 0 saturated carbocycles. The minimum atomic E-state index is -1.05. The van der Waals surface area contributed by atoms with Crippen LogP contribution >= 0.6 is 0 Å². The molecular weight excluding hydrogens is 280 g/mol. The first-order chi connectivity index (χ1) is 10.3. The van der Waals surface area contributed by atoms with Gasteiger partial charge in [-0.2, -0.15) is 4.89 Å². The molecule has 0 amide bonds. The third-order valence-corrected chi connectivity index (χ3v) is 3.06. The molecular formula is C18H20O4. The van der Waals surface area contributed by atoms with Crippen LogP contribution in [0.15, 0.2) is 42.5 Å². The minimum absolute atomic E-state index is 0.0741. The Labute approximate surface area is 130 Å². The van der Waals surface area contributed by atoms with Gasteiger partial charge in [0.1, 0.15) is 11.2 Å². The van der Waals surface area contributed by atoms with Crippen molar-refractivity contribution < 1.29 is 19.7 Å². The fraction of sp³-hybridized carbons (Fsp3) is 0.278. The summed E-state index contributed by atoms with van der Waals surface area (Å²) in [5, 5.41) is 9.40. The van der Waals surface area contributed by atoms with Crippen LogP contribution in [0.5, 0.6) is 5.75 Å². The van der Waals surface area contributed by atoms with E-state index in [1.54, 1.807) is 6.07 Å². The molecule has 0 saturated heterocycles. The fourth-order valence-corrected chi connectivity index (χ4v) is 2.05. The van der Waals surface area contributed by atoms with Crippen LogP contribution in [0.1, 0.15) is 36.7 Å². The molecule has 0 atom stereocenters. The number of carbonyl (C=O) groups is 1. The molecule has 0 aliphatic carbocycles. The van der Waals surface area contributed by atoms with Crippen LogP contribution in [0.3, 0.4) is 0 Å². The zero-order valence-electron chi connectivity index (χ0n) is 13.2. The first-order valence-electron chi connectivity index (χ1n) is 7.07. The van der Waals surface area contributed by atoms with Crippen molar-refractivity contribution in [3.05, 3.63) is 53.6 Å². The van der Waals surface area contributed by atoms with Crippen molar-refractivity contribution in [1.82, 2.24) is 0 Å². The Morgan fingerprint density at radius 2 is 1.64 bits per heavy atom. The number of rotatable bonds is 4. The molecule has 2 aromatic rings. The molecule has 0 radical (unpaired) electrons. The summed E-state index contributed by atoms with van der Waals surface area (Å²) >= 11 is 0. The van der Waals surface area contributed by atoms with E-state index in [9.17, 15) is 9.90 Å². The summed E-state index contributed by atoms with van der Waals surface area (Å²) in [6, 6.07) is 12.8. The van der Waals surface area contributed by atoms with Crippen LogP contribution in [0.25, 0.3) is 11.1 Å². The van der Waals surface area contributed by atoms with E-state index < -0.39 is 11.6 Å². The van der Waals surface area contributed by atoms with Crippen molar-refractivity contribution in [3.8, 4) is 16.9 Å². The molecule has 1 N–H and O–H groups in total. The number of carboxylic acid groups (broad SMARTS) is 1. The number of carboxylic acids is 1. The topological polar surface area (TPSA) is 55.8 Å². The standard InChI is InChI=1S/C18H20O4/c1-12-8-5-6-9-13(12)14-10-7-11-15(17(19)20)16(14)21-22-18(2,3)4/h5-11H,1-4H3,(H,19,20). The molecule has 0 aliphatic rings. The van der Waals surface area contributed by atoms with Crippen molar-refractivity contribution in [2.45, 2.75) is 33.3 Å². The number of hydrogen-bond donors (Lipinski definition) is 1. The molecule has 0 heterocycles. The Balaban J connectivity index is 2.56. The largest absolute Gasteiger partial charge is 0.478 e. The van der Waals surface area contributed by atoms with Gasteiger partial charge in [-0.1, -0.05) is 36.4 Å². The summed E-state index contributed by atoms with van der Waals surface area (Å²) in [6.07, 6.45) is 0. The van der Waals surface area contributed by atoms with Gasteiger partial charge in [-0.25, -0.2) is 4.79 Å². The first-order valence-corrected chi connectivity index (χ1v) is 7.07. The van der Waals surface area contributed by atoms with Crippen LogP contribution in [0.4, 0.5) is 0 Å². The average Bonchev–Trinajstić information content (AvgIpc) is 2.44. The maximum Gasteiger partial charge on any atom is 0.339 e. The first kappa shape index (κ1) is 16.0. The predicted molar refractivity (Wildman–Crippen MR) is 85.0 cm³/mol. The molecule has 0 aromatic heterocycles. The van der Waals surface area contributed by atoms with Gasteiger partial charge < -0.3 is 9.99 Å². The molecule has 0 spiro atoms. The number of aryl methyl sites for hydroxylation is 1. The number of aromatic carboxylic acids is 1. The Hall–Kier alpha value is -2.33. The number of benzene rings is 2. The minimum Gasteiger partial charge on any atom is -0.478 e. The predicted octanol–water partition coefficient (Wildman–Crippen LogP) is 4.47. The lowest BCUT2D eigenvalue weighted by molar-refractivity contribution is -0.274. The molecule has 2 rings (SSSR count). The molecule has 0 fully saturated rings. The Morgan fingerprint density at radius 1 is 1.00 bits per heavy atom. The van der Waals surface area contributed by atoms with E-state index in [1.807, 2.05) is 58.0 Å². The van der Waals surface area contributed by atoms with Crippen LogP contribution < -0.4 is 4.89 Å². The van der Waals surface area contributed by atoms with Gasteiger partial charge in [0.25, 0.3) is 0 Å². The molecule has 4 nitrogen and oxygen atoms in total. The lowest BCUT2D eigenvalue weighted by atomic mass is 9.97. The molecule has 2 aromatic carbocycles. The zero-order chi connectivity index (χ0) is 16.3. The van der Waals surface area contributed by atoms with Gasteiger partial charge in [-0.3, -0.25) is 0 Å². The van der Waals surface area contributed by atoms with Crippen LogP contribution in [-0.2, 0) is 4.89 Å². The average molecular weight is 300 g/mol. The fourth-order valence-electron chi connectivity index (χ4n) is 2.05. The number of hydrogen-bond acceptors (Lipinski definition) is 3. The van der Waals surface area contributed by atoms with Gasteiger partial charge >= 0.3 is 5.97 Å². The normalized spacial score (nSPS) is 11.3. The zero-order valence-corrected chi connectivity index (χ0v) is 13.2. The second-order valence-corrected chi connectivity index (χ2v) is 6.08. The lowest BCUT2D eigenvalue weighted by Crippen LogP contribution is -2.22. The van der Waals surface area contributed by atoms with Gasteiger partial charge in [0, 0.05) is 5.56 Å². The van der Waals surface area contributed by atoms with Crippen molar-refractivity contribution in [3.63, 3.8) is 0 Å². The third-order valence-electron chi connectivity index (χ3n) is 3.06. The smallest absolute Gasteiger partial charge is 0.339 e. The van der Waals surface area contributed by atoms with E-state index >= 15 is 0 Å². The van der Waals surface area contributed by atoms with E-state index in [2.05, 4.69) is 0 Å². The Kier molecular flexibility index (Phi) is 4.52. The van der Waals surface area contributed by atoms with E-state index in [1.165, 1.54) is 6.07 Å². The molecule has 0 aliphatic heterocycles. The maximum absolute atomic E-state index is 11.5. The van der Waals surface area contributed by atoms with Gasteiger partial charge in [0.05, 0.1) is 0 Å². The summed E-state index contributed by atoms with van der Waals surface area (Å²) in [5.74, 6) is -0.831. The van der Waals surface area contributed by atoms with Gasteiger partial charge in [-0.05, 0) is 44.9 Å². The van der Waals surface area contributed by atoms with E-state index in [0.29, 0.717) is 5.56 Å². The van der Waals surface area contributed by atoms with Crippen molar-refractivity contribution in [1.29, 1.82) is 0 Å². The second-order valence-electron chi connectivity index (χ2n) is 6.08. The lowest BCUT2D eigenvalue weighted by Gasteiger charge is -2.20. The third kappa shape index (κ3) is 3.65. The van der Waals surface area contributed by atoms with Crippen LogP contribution in [0.2, 0.25) is 0 Å². The molecule has 4 heteroatoms. The SMILES string of the molecule is Cc1ccccc1-c1cccc(C(=O)O)c1OOC(C)(C)C. The maximum atomic E-state index is 11.5. The van der Waals surface area contributed by atoms with Gasteiger partial charge in [0.2, 0.25) is 0 Å². The van der Waals surface area contributed by atoms with Crippen LogP contribution in [-0.4, -0.2) is 16.7 Å². The monoisotopic (exact) mass is 300 g/mol. The summed E-state index contributed by atoms with van der Waals surface area (Å²) < 4.78 is 0. The molecule has 0 unspecified atom stereocenters. The molecule has 22 heavy (non-hydrogen) atoms. The van der Waals surface area contributed by atoms with Crippen molar-refractivity contribution in [2.24, 2.45) is 0 Å². The molecule has 0 bridgehead atoms. The summed E-state index contributed by atoms with van der Waals surface area (Å²) in [6.45, 7) is 7.48. The number of para-hydroxylation sites is 1. The summed E-state index contributed by atoms with van der Waals surface area (Å²) in [7, 11) is 0. The van der Waals surface area contributed by atoms with Crippen molar-refractivity contribution >= 4 is 5.97 Å². The van der Waals surface area contributed by atoms with Gasteiger partial charge in [0.15, 0.2) is 5.75 Å². The highest BCUT2D eigenvalue weighted by molar-refractivity contribution is 5.94. The van der Waals surface area contributed by atoms with Crippen molar-refractivity contribution in [2.75, 3.05) is 0 Å². The van der Waals surface area contributed by atoms with Gasteiger partial charge in [-0.15, -0.1) is 0 Å². The Morgan fingerprint density at radius 3 is 2.23 bits per heavy atom. The van der Waals surface area contributed by atoms with Crippen LogP contribution in [0, 0.1) is 6.92 Å². The highest BCUT2D eigenvalue weighted by Gasteiger charge is 2.21. The summed E-state index contributed by atoms with van der Waals surface area (Å²) in [5.41, 5.74) is 2.17. The highest BCUT2D eigenvalue weighted by atomic mass is 17.2. The highest BCUT2D eigenvalue weighted by Crippen LogP contribution is 2.35. The quantitative estimate of drug-likeness (QED) is 0.668. The van der Waals surface area contributed by atoms with E-state index in [-0.39, 0.29) is 11.3 Å². The van der Waals surface area contributed by atoms with E-state index in [4.69, 9.17) is 9.78 Å². The summed E-state index contributed by atoms with van der Waals surface area (Å²) in [4.78, 5) is 22.2. The Bertz CT molecular complexity index is 684. The second kappa shape index (κ2) is 6.20. The molecule has 116 valence electrons.